The van der Waals surface area contributed by atoms with Gasteiger partial charge in [-0.3, -0.25) is 9.59 Å². The van der Waals surface area contributed by atoms with E-state index in [0.29, 0.717) is 11.6 Å². The number of nitrogens with zero attached hydrogens (tertiary/aromatic N) is 1. The average molecular weight is 244 g/mol. The standard InChI is InChI=1S/C10H16N2O3S/c13-6-10(2-1-3-10)11-8(14)4-12-7-16-5-9(12)15/h13H,1-7H2,(H,11,14). The summed E-state index contributed by atoms with van der Waals surface area (Å²) in [7, 11) is 0. The molecule has 1 aliphatic heterocycles. The summed E-state index contributed by atoms with van der Waals surface area (Å²) in [5.41, 5.74) is -0.410. The lowest BCUT2D eigenvalue weighted by Gasteiger charge is -2.41. The maximum absolute atomic E-state index is 11.7. The van der Waals surface area contributed by atoms with Crippen LogP contribution in [-0.2, 0) is 9.59 Å². The van der Waals surface area contributed by atoms with Crippen LogP contribution in [0.5, 0.6) is 0 Å². The molecule has 1 aliphatic carbocycles. The van der Waals surface area contributed by atoms with Crippen LogP contribution in [0, 0.1) is 0 Å². The smallest absolute Gasteiger partial charge is 0.240 e. The van der Waals surface area contributed by atoms with Gasteiger partial charge in [-0.25, -0.2) is 0 Å². The molecule has 1 saturated carbocycles. The SMILES string of the molecule is O=C(CN1CSCC1=O)NC1(CO)CCC1. The molecule has 0 bridgehead atoms. The summed E-state index contributed by atoms with van der Waals surface area (Å²) in [6.07, 6.45) is 2.70. The molecular formula is C10H16N2O3S. The maximum atomic E-state index is 11.7. The van der Waals surface area contributed by atoms with Crippen molar-refractivity contribution < 1.29 is 14.7 Å². The van der Waals surface area contributed by atoms with Crippen LogP contribution in [-0.4, -0.2) is 52.1 Å². The first-order valence-electron chi connectivity index (χ1n) is 5.43. The first kappa shape index (κ1) is 11.7. The summed E-state index contributed by atoms with van der Waals surface area (Å²) in [5, 5.41) is 12.0. The summed E-state index contributed by atoms with van der Waals surface area (Å²) >= 11 is 1.52. The third-order valence-electron chi connectivity index (χ3n) is 3.18. The summed E-state index contributed by atoms with van der Waals surface area (Å²) in [4.78, 5) is 24.5. The molecule has 5 nitrogen and oxygen atoms in total. The van der Waals surface area contributed by atoms with E-state index in [1.54, 1.807) is 4.90 Å². The average Bonchev–Trinajstić information content (AvgIpc) is 2.58. The van der Waals surface area contributed by atoms with Crippen LogP contribution in [0.4, 0.5) is 0 Å². The Morgan fingerprint density at radius 3 is 2.75 bits per heavy atom. The van der Waals surface area contributed by atoms with Crippen molar-refractivity contribution in [2.45, 2.75) is 24.8 Å². The summed E-state index contributed by atoms with van der Waals surface area (Å²) in [5.74, 6) is 0.924. The van der Waals surface area contributed by atoms with Crippen LogP contribution in [0.2, 0.25) is 0 Å². The molecule has 1 heterocycles. The Bertz CT molecular complexity index is 299. The molecule has 16 heavy (non-hydrogen) atoms. The number of thioether (sulfide) groups is 1. The quantitative estimate of drug-likeness (QED) is 0.703. The molecule has 0 spiro atoms. The number of amides is 2. The Morgan fingerprint density at radius 2 is 2.31 bits per heavy atom. The molecule has 2 aliphatic rings. The van der Waals surface area contributed by atoms with Crippen LogP contribution in [0.15, 0.2) is 0 Å². The van der Waals surface area contributed by atoms with E-state index in [1.807, 2.05) is 0 Å². The Labute approximate surface area is 98.6 Å². The molecule has 2 rings (SSSR count). The minimum atomic E-state index is -0.410. The highest BCUT2D eigenvalue weighted by molar-refractivity contribution is 8.00. The molecular weight excluding hydrogens is 228 g/mol. The predicted molar refractivity (Wildman–Crippen MR) is 60.8 cm³/mol. The Hall–Kier alpha value is -0.750. The maximum Gasteiger partial charge on any atom is 0.240 e. The molecule has 0 aromatic heterocycles. The fraction of sp³-hybridized carbons (Fsp3) is 0.800. The van der Waals surface area contributed by atoms with Crippen LogP contribution in [0.1, 0.15) is 19.3 Å². The van der Waals surface area contributed by atoms with Crippen LogP contribution in [0.25, 0.3) is 0 Å². The Kier molecular flexibility index (Phi) is 3.39. The molecule has 2 fully saturated rings. The molecule has 2 N–H and O–H groups in total. The highest BCUT2D eigenvalue weighted by atomic mass is 32.2. The van der Waals surface area contributed by atoms with E-state index in [9.17, 15) is 14.7 Å². The van der Waals surface area contributed by atoms with Crippen LogP contribution < -0.4 is 5.32 Å². The number of rotatable bonds is 4. The topological polar surface area (TPSA) is 69.6 Å². The lowest BCUT2D eigenvalue weighted by atomic mass is 9.77. The van der Waals surface area contributed by atoms with Crippen molar-refractivity contribution in [3.63, 3.8) is 0 Å². The molecule has 6 heteroatoms. The van der Waals surface area contributed by atoms with Gasteiger partial charge < -0.3 is 15.3 Å². The lowest BCUT2D eigenvalue weighted by Crippen LogP contribution is -2.58. The second kappa shape index (κ2) is 4.63. The normalized spacial score (nSPS) is 23.1. The first-order valence-corrected chi connectivity index (χ1v) is 6.58. The Balaban J connectivity index is 1.82. The number of carbonyl (C=O) groups is 2. The van der Waals surface area contributed by atoms with Crippen molar-refractivity contribution in [3.05, 3.63) is 0 Å². The third-order valence-corrected chi connectivity index (χ3v) is 4.12. The zero-order valence-corrected chi connectivity index (χ0v) is 9.89. The minimum absolute atomic E-state index is 0.0125. The fourth-order valence-electron chi connectivity index (χ4n) is 1.98. The van der Waals surface area contributed by atoms with Gasteiger partial charge in [0, 0.05) is 0 Å². The monoisotopic (exact) mass is 244 g/mol. The summed E-state index contributed by atoms with van der Waals surface area (Å²) < 4.78 is 0. The highest BCUT2D eigenvalue weighted by Gasteiger charge is 2.38. The van der Waals surface area contributed by atoms with Gasteiger partial charge in [-0.05, 0) is 19.3 Å². The van der Waals surface area contributed by atoms with Gasteiger partial charge in [-0.15, -0.1) is 11.8 Å². The van der Waals surface area contributed by atoms with Crippen molar-refractivity contribution in [2.24, 2.45) is 0 Å². The van der Waals surface area contributed by atoms with Gasteiger partial charge in [0.25, 0.3) is 0 Å². The second-order valence-corrected chi connectivity index (χ2v) is 5.36. The number of nitrogens with one attached hydrogen (secondary N) is 1. The van der Waals surface area contributed by atoms with Crippen molar-refractivity contribution in [2.75, 3.05) is 24.8 Å². The van der Waals surface area contributed by atoms with Crippen LogP contribution in [0.3, 0.4) is 0 Å². The fourth-order valence-corrected chi connectivity index (χ4v) is 2.88. The van der Waals surface area contributed by atoms with Gasteiger partial charge in [0.15, 0.2) is 0 Å². The van der Waals surface area contributed by atoms with E-state index in [1.165, 1.54) is 11.8 Å². The van der Waals surface area contributed by atoms with E-state index in [2.05, 4.69) is 5.32 Å². The summed E-state index contributed by atoms with van der Waals surface area (Å²) in [6, 6.07) is 0. The van der Waals surface area contributed by atoms with Gasteiger partial charge in [-0.2, -0.15) is 0 Å². The number of hydrogen-bond donors (Lipinski definition) is 2. The molecule has 90 valence electrons. The zero-order chi connectivity index (χ0) is 11.6. The largest absolute Gasteiger partial charge is 0.394 e. The highest BCUT2D eigenvalue weighted by Crippen LogP contribution is 2.31. The number of hydrogen-bond acceptors (Lipinski definition) is 4. The van der Waals surface area contributed by atoms with Crippen LogP contribution >= 0.6 is 11.8 Å². The Morgan fingerprint density at radius 1 is 1.56 bits per heavy atom. The van der Waals surface area contributed by atoms with E-state index in [-0.39, 0.29) is 25.0 Å². The van der Waals surface area contributed by atoms with Crippen molar-refractivity contribution in [1.29, 1.82) is 0 Å². The molecule has 0 aromatic carbocycles. The first-order chi connectivity index (χ1) is 7.65. The van der Waals surface area contributed by atoms with Crippen molar-refractivity contribution >= 4 is 23.6 Å². The molecule has 1 saturated heterocycles. The van der Waals surface area contributed by atoms with E-state index in [0.717, 1.165) is 19.3 Å². The van der Waals surface area contributed by atoms with Gasteiger partial charge in [-0.1, -0.05) is 0 Å². The minimum Gasteiger partial charge on any atom is -0.394 e. The molecule has 0 atom stereocenters. The van der Waals surface area contributed by atoms with Gasteiger partial charge in [0.1, 0.15) is 6.54 Å². The van der Waals surface area contributed by atoms with Gasteiger partial charge in [0.2, 0.25) is 11.8 Å². The number of carbonyl (C=O) groups excluding carboxylic acids is 2. The number of aliphatic hydroxyl groups excluding tert-OH is 1. The number of aliphatic hydroxyl groups is 1. The molecule has 0 aromatic rings. The van der Waals surface area contributed by atoms with Gasteiger partial charge in [0.05, 0.1) is 23.8 Å². The lowest BCUT2D eigenvalue weighted by molar-refractivity contribution is -0.134. The van der Waals surface area contributed by atoms with E-state index >= 15 is 0 Å². The summed E-state index contributed by atoms with van der Waals surface area (Å²) in [6.45, 7) is 0.106. The predicted octanol–water partition coefficient (Wildman–Crippen LogP) is -0.450. The van der Waals surface area contributed by atoms with Crippen molar-refractivity contribution in [3.8, 4) is 0 Å². The zero-order valence-electron chi connectivity index (χ0n) is 9.07. The van der Waals surface area contributed by atoms with E-state index in [4.69, 9.17) is 0 Å². The molecule has 0 radical (unpaired) electrons. The molecule has 0 unspecified atom stereocenters. The molecule has 2 amide bonds. The second-order valence-electron chi connectivity index (χ2n) is 4.41. The van der Waals surface area contributed by atoms with E-state index < -0.39 is 5.54 Å². The van der Waals surface area contributed by atoms with Crippen molar-refractivity contribution in [1.82, 2.24) is 10.2 Å². The third kappa shape index (κ3) is 2.32. The van der Waals surface area contributed by atoms with Gasteiger partial charge >= 0.3 is 0 Å².